The van der Waals surface area contributed by atoms with Crippen LogP contribution in [-0.2, 0) is 30.8 Å². The molecule has 0 aromatic heterocycles. The standard InChI is InChI=1S/C25H26N2O5S/c1-18(25(29)27-16-6-10-20-8-4-5-11-23(20)27)32-24(28)14-15-26-33(30,31)22-13-12-19-7-2-3-9-21(19)17-22/h2-5,7-9,11-13,17-18,26H,6,10,14-16H2,1H3. The lowest BCUT2D eigenvalue weighted by Crippen LogP contribution is -2.43. The van der Waals surface area contributed by atoms with Crippen molar-refractivity contribution in [1.82, 2.24) is 4.72 Å². The van der Waals surface area contributed by atoms with E-state index in [1.165, 1.54) is 13.0 Å². The molecule has 8 heteroatoms. The lowest BCUT2D eigenvalue weighted by atomic mass is 10.0. The number of amides is 1. The van der Waals surface area contributed by atoms with Gasteiger partial charge in [0.05, 0.1) is 11.3 Å². The first-order valence-corrected chi connectivity index (χ1v) is 12.4. The highest BCUT2D eigenvalue weighted by Gasteiger charge is 2.28. The number of sulfonamides is 1. The van der Waals surface area contributed by atoms with Crippen LogP contribution in [0.15, 0.2) is 71.6 Å². The van der Waals surface area contributed by atoms with E-state index < -0.39 is 22.1 Å². The molecule has 0 saturated carbocycles. The summed E-state index contributed by atoms with van der Waals surface area (Å²) in [5.41, 5.74) is 1.94. The molecule has 0 saturated heterocycles. The molecule has 3 aromatic carbocycles. The van der Waals surface area contributed by atoms with Crippen LogP contribution in [0.5, 0.6) is 0 Å². The first-order valence-electron chi connectivity index (χ1n) is 10.9. The number of anilines is 1. The molecule has 1 amide bonds. The number of carbonyl (C=O) groups excluding carboxylic acids is 2. The van der Waals surface area contributed by atoms with E-state index in [0.717, 1.165) is 34.9 Å². The van der Waals surface area contributed by atoms with Crippen molar-refractivity contribution < 1.29 is 22.7 Å². The molecule has 0 aliphatic carbocycles. The van der Waals surface area contributed by atoms with E-state index in [2.05, 4.69) is 4.72 Å². The molecule has 1 heterocycles. The fourth-order valence-corrected chi connectivity index (χ4v) is 5.06. The maximum absolute atomic E-state index is 12.9. The Morgan fingerprint density at radius 3 is 2.58 bits per heavy atom. The smallest absolute Gasteiger partial charge is 0.307 e. The van der Waals surface area contributed by atoms with Crippen LogP contribution >= 0.6 is 0 Å². The Hall–Kier alpha value is -3.23. The Morgan fingerprint density at radius 1 is 1.03 bits per heavy atom. The van der Waals surface area contributed by atoms with E-state index in [9.17, 15) is 18.0 Å². The highest BCUT2D eigenvalue weighted by molar-refractivity contribution is 7.89. The summed E-state index contributed by atoms with van der Waals surface area (Å²) in [7, 11) is -3.78. The predicted octanol–water partition coefficient (Wildman–Crippen LogP) is 3.42. The van der Waals surface area contributed by atoms with Crippen LogP contribution in [0, 0.1) is 0 Å². The van der Waals surface area contributed by atoms with Crippen LogP contribution in [0.25, 0.3) is 10.8 Å². The molecule has 1 atom stereocenters. The van der Waals surface area contributed by atoms with E-state index in [4.69, 9.17) is 4.74 Å². The summed E-state index contributed by atoms with van der Waals surface area (Å²) in [6, 6.07) is 20.0. The minimum Gasteiger partial charge on any atom is -0.452 e. The van der Waals surface area contributed by atoms with Crippen molar-refractivity contribution >= 4 is 38.4 Å². The molecule has 4 rings (SSSR count). The van der Waals surface area contributed by atoms with Crippen LogP contribution in [0.1, 0.15) is 25.3 Å². The molecule has 33 heavy (non-hydrogen) atoms. The summed E-state index contributed by atoms with van der Waals surface area (Å²) in [5.74, 6) is -0.922. The summed E-state index contributed by atoms with van der Waals surface area (Å²) >= 11 is 0. The first-order chi connectivity index (χ1) is 15.8. The van der Waals surface area contributed by atoms with Crippen LogP contribution < -0.4 is 9.62 Å². The SMILES string of the molecule is CC(OC(=O)CCNS(=O)(=O)c1ccc2ccccc2c1)C(=O)N1CCCc2ccccc21. The zero-order valence-electron chi connectivity index (χ0n) is 18.4. The quantitative estimate of drug-likeness (QED) is 0.539. The van der Waals surface area contributed by atoms with Crippen molar-refractivity contribution in [2.45, 2.75) is 37.2 Å². The second kappa shape index (κ2) is 9.72. The third-order valence-electron chi connectivity index (χ3n) is 5.68. The first kappa shape index (κ1) is 22.9. The molecule has 1 aliphatic heterocycles. The fraction of sp³-hybridized carbons (Fsp3) is 0.280. The van der Waals surface area contributed by atoms with Crippen molar-refractivity contribution in [3.63, 3.8) is 0 Å². The average Bonchev–Trinajstić information content (AvgIpc) is 2.82. The van der Waals surface area contributed by atoms with Crippen molar-refractivity contribution in [3.05, 3.63) is 72.3 Å². The molecule has 172 valence electrons. The molecule has 0 radical (unpaired) electrons. The summed E-state index contributed by atoms with van der Waals surface area (Å²) in [4.78, 5) is 26.9. The third kappa shape index (κ3) is 5.23. The number of fused-ring (bicyclic) bond motifs is 2. The van der Waals surface area contributed by atoms with Gasteiger partial charge in [0.2, 0.25) is 10.0 Å². The van der Waals surface area contributed by atoms with Crippen molar-refractivity contribution in [3.8, 4) is 0 Å². The Morgan fingerprint density at radius 2 is 1.76 bits per heavy atom. The van der Waals surface area contributed by atoms with Gasteiger partial charge in [-0.25, -0.2) is 13.1 Å². The van der Waals surface area contributed by atoms with Gasteiger partial charge in [0.15, 0.2) is 6.10 Å². The van der Waals surface area contributed by atoms with Crippen LogP contribution in [0.2, 0.25) is 0 Å². The van der Waals surface area contributed by atoms with Crippen LogP contribution in [-0.4, -0.2) is 39.5 Å². The Labute approximate surface area is 193 Å². The summed E-state index contributed by atoms with van der Waals surface area (Å²) in [5, 5.41) is 1.75. The van der Waals surface area contributed by atoms with E-state index in [1.54, 1.807) is 17.0 Å². The summed E-state index contributed by atoms with van der Waals surface area (Å²) in [6.07, 6.45) is 0.618. The topological polar surface area (TPSA) is 92.8 Å². The average molecular weight is 467 g/mol. The van der Waals surface area contributed by atoms with Gasteiger partial charge in [0.1, 0.15) is 0 Å². The lowest BCUT2D eigenvalue weighted by molar-refractivity contribution is -0.153. The normalized spacial score (nSPS) is 14.5. The molecule has 1 unspecified atom stereocenters. The molecule has 7 nitrogen and oxygen atoms in total. The van der Waals surface area contributed by atoms with E-state index >= 15 is 0 Å². The second-order valence-electron chi connectivity index (χ2n) is 8.01. The maximum atomic E-state index is 12.9. The number of rotatable bonds is 7. The molecule has 3 aromatic rings. The van der Waals surface area contributed by atoms with E-state index in [1.807, 2.05) is 48.5 Å². The number of ether oxygens (including phenoxy) is 1. The van der Waals surface area contributed by atoms with Gasteiger partial charge >= 0.3 is 5.97 Å². The van der Waals surface area contributed by atoms with Crippen molar-refractivity contribution in [1.29, 1.82) is 0 Å². The highest BCUT2D eigenvalue weighted by atomic mass is 32.2. The van der Waals surface area contributed by atoms with Gasteiger partial charge in [-0.3, -0.25) is 9.59 Å². The van der Waals surface area contributed by atoms with Crippen LogP contribution in [0.4, 0.5) is 5.69 Å². The molecular weight excluding hydrogens is 440 g/mol. The van der Waals surface area contributed by atoms with Gasteiger partial charge in [-0.1, -0.05) is 48.5 Å². The van der Waals surface area contributed by atoms with Gasteiger partial charge in [-0.15, -0.1) is 0 Å². The number of para-hydroxylation sites is 1. The van der Waals surface area contributed by atoms with Crippen molar-refractivity contribution in [2.75, 3.05) is 18.0 Å². The summed E-state index contributed by atoms with van der Waals surface area (Å²) in [6.45, 7) is 1.99. The highest BCUT2D eigenvalue weighted by Crippen LogP contribution is 2.27. The molecule has 0 fully saturated rings. The molecule has 0 spiro atoms. The number of esters is 1. The largest absolute Gasteiger partial charge is 0.452 e. The molecular formula is C25H26N2O5S. The monoisotopic (exact) mass is 466 g/mol. The van der Waals surface area contributed by atoms with Crippen LogP contribution in [0.3, 0.4) is 0 Å². The zero-order chi connectivity index (χ0) is 23.4. The van der Waals surface area contributed by atoms with Gasteiger partial charge in [0.25, 0.3) is 5.91 Å². The maximum Gasteiger partial charge on any atom is 0.307 e. The minimum atomic E-state index is -3.78. The predicted molar refractivity (Wildman–Crippen MR) is 126 cm³/mol. The number of nitrogens with zero attached hydrogens (tertiary/aromatic N) is 1. The number of benzene rings is 3. The molecule has 1 aliphatic rings. The van der Waals surface area contributed by atoms with Crippen molar-refractivity contribution in [2.24, 2.45) is 0 Å². The summed E-state index contributed by atoms with van der Waals surface area (Å²) < 4.78 is 32.9. The number of aryl methyl sites for hydroxylation is 1. The minimum absolute atomic E-state index is 0.124. The number of hydrogen-bond donors (Lipinski definition) is 1. The van der Waals surface area contributed by atoms with E-state index in [0.29, 0.717) is 6.54 Å². The third-order valence-corrected chi connectivity index (χ3v) is 7.14. The lowest BCUT2D eigenvalue weighted by Gasteiger charge is -2.31. The second-order valence-corrected chi connectivity index (χ2v) is 9.78. The molecule has 0 bridgehead atoms. The fourth-order valence-electron chi connectivity index (χ4n) is 3.99. The van der Waals surface area contributed by atoms with E-state index in [-0.39, 0.29) is 23.8 Å². The number of carbonyl (C=O) groups is 2. The Kier molecular flexibility index (Phi) is 6.76. The van der Waals surface area contributed by atoms with Gasteiger partial charge < -0.3 is 9.64 Å². The number of hydrogen-bond acceptors (Lipinski definition) is 5. The Bertz CT molecular complexity index is 1290. The zero-order valence-corrected chi connectivity index (χ0v) is 19.2. The number of nitrogens with one attached hydrogen (secondary N) is 1. The van der Waals surface area contributed by atoms with Gasteiger partial charge in [-0.2, -0.15) is 0 Å². The van der Waals surface area contributed by atoms with Gasteiger partial charge in [-0.05, 0) is 54.3 Å². The Balaban J connectivity index is 1.31. The van der Waals surface area contributed by atoms with Gasteiger partial charge in [0, 0.05) is 18.8 Å². The molecule has 1 N–H and O–H groups in total.